The maximum atomic E-state index is 13.1. The van der Waals surface area contributed by atoms with Gasteiger partial charge in [0.05, 0.1) is 26.4 Å². The second-order valence-electron chi connectivity index (χ2n) is 29.2. The fourth-order valence-corrected chi connectivity index (χ4v) is 13.2. The van der Waals surface area contributed by atoms with E-state index in [9.17, 15) is 43.2 Å². The number of carbonyl (C=O) groups excluding carboxylic acids is 4. The lowest BCUT2D eigenvalue weighted by molar-refractivity contribution is -0.161. The van der Waals surface area contributed by atoms with E-state index in [4.69, 9.17) is 37.0 Å². The van der Waals surface area contributed by atoms with Gasteiger partial charge in [-0.3, -0.25) is 37.3 Å². The van der Waals surface area contributed by atoms with Crippen LogP contribution < -0.4 is 0 Å². The van der Waals surface area contributed by atoms with Gasteiger partial charge in [-0.1, -0.05) is 338 Å². The zero-order valence-electron chi connectivity index (χ0n) is 63.0. The van der Waals surface area contributed by atoms with E-state index in [1.165, 1.54) is 186 Å². The molecule has 0 aliphatic carbocycles. The van der Waals surface area contributed by atoms with Gasteiger partial charge in [0.1, 0.15) is 19.3 Å². The minimum atomic E-state index is -4.96. The van der Waals surface area contributed by atoms with Gasteiger partial charge >= 0.3 is 39.5 Å². The van der Waals surface area contributed by atoms with E-state index < -0.39 is 97.5 Å². The SMILES string of the molecule is CCC(C)CCCCCCCCCCCCCCCCC(=O)OC[C@H](COP(=O)(O)OC[C@@H](O)COP(=O)(O)OC[C@@H](COC(=O)CCCCCCCCC(C)C)OC(=O)CCCCCCCCCCC(C)C)OC(=O)CCCCCCCCCCCCCCCCC(C)CC. The Kier molecular flexibility index (Phi) is 65.0. The third-order valence-corrected chi connectivity index (χ3v) is 20.4. The molecule has 0 aromatic heterocycles. The molecule has 0 fully saturated rings. The van der Waals surface area contributed by atoms with Crippen molar-refractivity contribution in [2.24, 2.45) is 23.7 Å². The van der Waals surface area contributed by atoms with E-state index in [0.717, 1.165) is 114 Å². The number of hydrogen-bond acceptors (Lipinski definition) is 15. The fourth-order valence-electron chi connectivity index (χ4n) is 11.7. The first-order chi connectivity index (χ1) is 46.2. The number of unbranched alkanes of at least 4 members (excludes halogenated alkanes) is 38. The molecule has 96 heavy (non-hydrogen) atoms. The van der Waals surface area contributed by atoms with E-state index in [0.29, 0.717) is 31.6 Å². The Hall–Kier alpha value is -1.94. The van der Waals surface area contributed by atoms with E-state index in [-0.39, 0.29) is 25.7 Å². The lowest BCUT2D eigenvalue weighted by Crippen LogP contribution is -2.30. The van der Waals surface area contributed by atoms with Gasteiger partial charge < -0.3 is 33.8 Å². The standard InChI is InChI=1S/C77H150O17P2/c1-9-69(7)55-47-39-30-23-19-15-11-13-17-21-25-32-41-49-57-74(79)87-63-72(93-76(81)59-51-43-33-26-22-18-14-12-16-20-24-31-40-48-56-70(8)10-2)65-91-95(83,84)89-61-71(78)62-90-96(85,86)92-66-73(64-88-75(80)58-50-42-36-35-38-46-54-68(5)6)94-77(82)60-52-44-34-28-27-29-37-45-53-67(3)4/h67-73,78H,9-66H2,1-8H3,(H,83,84)(H,85,86)/t69?,70?,71-,72-,73-/m1/s1. The van der Waals surface area contributed by atoms with Gasteiger partial charge in [0.25, 0.3) is 0 Å². The normalized spacial score (nSPS) is 14.7. The molecule has 0 heterocycles. The van der Waals surface area contributed by atoms with E-state index in [1.54, 1.807) is 0 Å². The highest BCUT2D eigenvalue weighted by atomic mass is 31.2. The molecule has 0 aromatic carbocycles. The Morgan fingerprint density at radius 3 is 0.740 bits per heavy atom. The van der Waals surface area contributed by atoms with Crippen molar-refractivity contribution in [3.05, 3.63) is 0 Å². The number of phosphoric acid groups is 2. The Morgan fingerprint density at radius 1 is 0.292 bits per heavy atom. The molecular weight excluding hydrogens is 1260 g/mol. The van der Waals surface area contributed by atoms with Gasteiger partial charge in [-0.25, -0.2) is 9.13 Å². The number of aliphatic hydroxyl groups is 1. The average Bonchev–Trinajstić information content (AvgIpc) is 1.15. The van der Waals surface area contributed by atoms with Crippen LogP contribution in [0.1, 0.15) is 389 Å². The van der Waals surface area contributed by atoms with Crippen LogP contribution in [0.5, 0.6) is 0 Å². The number of carbonyl (C=O) groups is 4. The van der Waals surface area contributed by atoms with Crippen molar-refractivity contribution >= 4 is 39.5 Å². The molecule has 0 aliphatic heterocycles. The zero-order valence-corrected chi connectivity index (χ0v) is 64.8. The molecule has 0 amide bonds. The third-order valence-electron chi connectivity index (χ3n) is 18.5. The molecule has 0 radical (unpaired) electrons. The number of aliphatic hydroxyl groups excluding tert-OH is 1. The lowest BCUT2D eigenvalue weighted by atomic mass is 9.99. The van der Waals surface area contributed by atoms with Crippen molar-refractivity contribution < 1.29 is 80.2 Å². The second kappa shape index (κ2) is 66.3. The molecule has 4 unspecified atom stereocenters. The van der Waals surface area contributed by atoms with Crippen LogP contribution in [-0.2, 0) is 65.4 Å². The predicted molar refractivity (Wildman–Crippen MR) is 391 cm³/mol. The third kappa shape index (κ3) is 67.9. The van der Waals surface area contributed by atoms with Crippen LogP contribution in [-0.4, -0.2) is 96.7 Å². The summed E-state index contributed by atoms with van der Waals surface area (Å²) in [6.07, 6.45) is 51.5. The van der Waals surface area contributed by atoms with Gasteiger partial charge in [-0.15, -0.1) is 0 Å². The number of hydrogen-bond donors (Lipinski definition) is 3. The molecule has 0 bridgehead atoms. The molecule has 19 heteroatoms. The molecule has 17 nitrogen and oxygen atoms in total. The molecule has 570 valence electrons. The second-order valence-corrected chi connectivity index (χ2v) is 32.1. The molecule has 0 spiro atoms. The van der Waals surface area contributed by atoms with Crippen LogP contribution in [0.25, 0.3) is 0 Å². The zero-order chi connectivity index (χ0) is 71.0. The first kappa shape index (κ1) is 94.1. The van der Waals surface area contributed by atoms with Crippen molar-refractivity contribution in [3.63, 3.8) is 0 Å². The molecule has 7 atom stereocenters. The Bertz CT molecular complexity index is 1890. The van der Waals surface area contributed by atoms with Crippen LogP contribution in [0.4, 0.5) is 0 Å². The minimum Gasteiger partial charge on any atom is -0.462 e. The smallest absolute Gasteiger partial charge is 0.462 e. The Labute approximate surface area is 588 Å². The van der Waals surface area contributed by atoms with Gasteiger partial charge in [-0.2, -0.15) is 0 Å². The number of phosphoric ester groups is 2. The van der Waals surface area contributed by atoms with Crippen molar-refractivity contribution in [3.8, 4) is 0 Å². The minimum absolute atomic E-state index is 0.103. The Balaban J connectivity index is 5.23. The highest BCUT2D eigenvalue weighted by Gasteiger charge is 2.30. The summed E-state index contributed by atoms with van der Waals surface area (Å²) in [5, 5.41) is 10.6. The molecule has 0 rings (SSSR count). The molecule has 0 aliphatic rings. The first-order valence-corrected chi connectivity index (χ1v) is 42.8. The lowest BCUT2D eigenvalue weighted by Gasteiger charge is -2.21. The molecule has 3 N–H and O–H groups in total. The summed E-state index contributed by atoms with van der Waals surface area (Å²) in [5.41, 5.74) is 0. The summed E-state index contributed by atoms with van der Waals surface area (Å²) in [6.45, 7) is 14.2. The Morgan fingerprint density at radius 2 is 0.500 bits per heavy atom. The van der Waals surface area contributed by atoms with Crippen molar-refractivity contribution in [2.75, 3.05) is 39.6 Å². The predicted octanol–water partition coefficient (Wildman–Crippen LogP) is 22.4. The number of ether oxygens (including phenoxy) is 4. The summed E-state index contributed by atoms with van der Waals surface area (Å²) < 4.78 is 68.5. The van der Waals surface area contributed by atoms with Crippen molar-refractivity contribution in [1.29, 1.82) is 0 Å². The van der Waals surface area contributed by atoms with Crippen LogP contribution in [0.15, 0.2) is 0 Å². The summed E-state index contributed by atoms with van der Waals surface area (Å²) in [7, 11) is -9.91. The van der Waals surface area contributed by atoms with Crippen LogP contribution >= 0.6 is 15.6 Å². The highest BCUT2D eigenvalue weighted by molar-refractivity contribution is 7.47. The van der Waals surface area contributed by atoms with Gasteiger partial charge in [0, 0.05) is 25.7 Å². The summed E-state index contributed by atoms with van der Waals surface area (Å²) in [6, 6.07) is 0. The molecule has 0 saturated carbocycles. The molecular formula is C77H150O17P2. The van der Waals surface area contributed by atoms with E-state index >= 15 is 0 Å². The van der Waals surface area contributed by atoms with E-state index in [1.807, 2.05) is 0 Å². The molecule has 0 saturated heterocycles. The largest absolute Gasteiger partial charge is 0.472 e. The monoisotopic (exact) mass is 1410 g/mol. The number of esters is 4. The van der Waals surface area contributed by atoms with Gasteiger partial charge in [0.2, 0.25) is 0 Å². The van der Waals surface area contributed by atoms with Gasteiger partial charge in [0.15, 0.2) is 12.2 Å². The number of rotatable bonds is 74. The fraction of sp³-hybridized carbons (Fsp3) is 0.948. The van der Waals surface area contributed by atoms with Crippen LogP contribution in [0.2, 0.25) is 0 Å². The quantitative estimate of drug-likeness (QED) is 0.0222. The van der Waals surface area contributed by atoms with Crippen molar-refractivity contribution in [2.45, 2.75) is 408 Å². The topological polar surface area (TPSA) is 237 Å². The van der Waals surface area contributed by atoms with E-state index in [2.05, 4.69) is 55.4 Å². The summed E-state index contributed by atoms with van der Waals surface area (Å²) >= 11 is 0. The molecule has 0 aromatic rings. The maximum Gasteiger partial charge on any atom is 0.472 e. The first-order valence-electron chi connectivity index (χ1n) is 39.8. The summed E-state index contributed by atoms with van der Waals surface area (Å²) in [4.78, 5) is 72.8. The van der Waals surface area contributed by atoms with Gasteiger partial charge in [-0.05, 0) is 49.4 Å². The van der Waals surface area contributed by atoms with Crippen molar-refractivity contribution in [1.82, 2.24) is 0 Å². The highest BCUT2D eigenvalue weighted by Crippen LogP contribution is 2.45. The van der Waals surface area contributed by atoms with Crippen LogP contribution in [0, 0.1) is 23.7 Å². The van der Waals surface area contributed by atoms with Crippen LogP contribution in [0.3, 0.4) is 0 Å². The maximum absolute atomic E-state index is 13.1. The summed E-state index contributed by atoms with van der Waals surface area (Å²) in [5.74, 6) is 0.970. The average molecular weight is 1410 g/mol.